The zero-order valence-corrected chi connectivity index (χ0v) is 18.2. The first-order chi connectivity index (χ1) is 14.5. The molecule has 2 aliphatic heterocycles. The molecule has 0 unspecified atom stereocenters. The summed E-state index contributed by atoms with van der Waals surface area (Å²) < 4.78 is 10.5. The highest BCUT2D eigenvalue weighted by Gasteiger charge is 2.22. The van der Waals surface area contributed by atoms with Gasteiger partial charge in [0.15, 0.2) is 0 Å². The highest BCUT2D eigenvalue weighted by atomic mass is 32.2. The van der Waals surface area contributed by atoms with E-state index in [1.54, 1.807) is 9.80 Å². The zero-order valence-electron chi connectivity index (χ0n) is 16.5. The van der Waals surface area contributed by atoms with Crippen LogP contribution in [0.5, 0.6) is 0 Å². The molecular formula is C20H24N2O6S2. The molecule has 2 saturated heterocycles. The third-order valence-corrected chi connectivity index (χ3v) is 6.47. The predicted molar refractivity (Wildman–Crippen MR) is 114 cm³/mol. The Bertz CT molecular complexity index is 721. The molecular weight excluding hydrogens is 428 g/mol. The number of carbonyl (C=O) groups excluding carboxylic acids is 4. The maximum atomic E-state index is 11.9. The maximum Gasteiger partial charge on any atom is 0.307 e. The Labute approximate surface area is 183 Å². The molecule has 2 heterocycles. The Balaban J connectivity index is 1.31. The van der Waals surface area contributed by atoms with Gasteiger partial charge in [-0.1, -0.05) is 47.8 Å². The summed E-state index contributed by atoms with van der Waals surface area (Å²) in [7, 11) is 0. The molecule has 162 valence electrons. The van der Waals surface area contributed by atoms with Gasteiger partial charge >= 0.3 is 11.9 Å². The van der Waals surface area contributed by atoms with E-state index in [9.17, 15) is 19.2 Å². The van der Waals surface area contributed by atoms with E-state index >= 15 is 0 Å². The lowest BCUT2D eigenvalue weighted by atomic mass is 10.1. The van der Waals surface area contributed by atoms with Gasteiger partial charge in [0.1, 0.15) is 13.2 Å². The van der Waals surface area contributed by atoms with Gasteiger partial charge in [0.25, 0.3) is 10.5 Å². The summed E-state index contributed by atoms with van der Waals surface area (Å²) >= 11 is 2.54. The van der Waals surface area contributed by atoms with E-state index in [4.69, 9.17) is 9.47 Å². The summed E-state index contributed by atoms with van der Waals surface area (Å²) in [5.74, 6) is 0.861. The van der Waals surface area contributed by atoms with Crippen LogP contribution in [0.15, 0.2) is 24.3 Å². The Morgan fingerprint density at radius 1 is 0.767 bits per heavy atom. The minimum Gasteiger partial charge on any atom is -0.461 e. The molecule has 2 fully saturated rings. The average molecular weight is 453 g/mol. The van der Waals surface area contributed by atoms with E-state index in [-0.39, 0.29) is 48.5 Å². The Morgan fingerprint density at radius 2 is 1.17 bits per heavy atom. The lowest BCUT2D eigenvalue weighted by Gasteiger charge is -2.14. The quantitative estimate of drug-likeness (QED) is 0.500. The molecule has 1 aromatic carbocycles. The maximum absolute atomic E-state index is 11.9. The Hall–Kier alpha value is -2.20. The number of esters is 2. The Kier molecular flexibility index (Phi) is 8.44. The van der Waals surface area contributed by atoms with Gasteiger partial charge in [-0.05, 0) is 11.1 Å². The molecule has 0 aromatic heterocycles. The molecule has 8 nitrogen and oxygen atoms in total. The second kappa shape index (κ2) is 11.3. The summed E-state index contributed by atoms with van der Waals surface area (Å²) in [5, 5.41) is 0.0326. The monoisotopic (exact) mass is 452 g/mol. The number of benzene rings is 1. The van der Waals surface area contributed by atoms with E-state index in [1.807, 2.05) is 24.3 Å². The number of amides is 2. The molecule has 10 heteroatoms. The van der Waals surface area contributed by atoms with Crippen molar-refractivity contribution in [2.24, 2.45) is 0 Å². The summed E-state index contributed by atoms with van der Waals surface area (Å²) in [5.41, 5.74) is 1.66. The van der Waals surface area contributed by atoms with Gasteiger partial charge in [0.05, 0.1) is 12.8 Å². The molecule has 0 radical (unpaired) electrons. The van der Waals surface area contributed by atoms with Crippen molar-refractivity contribution in [3.63, 3.8) is 0 Å². The van der Waals surface area contributed by atoms with Crippen LogP contribution in [0.25, 0.3) is 0 Å². The molecule has 0 saturated carbocycles. The summed E-state index contributed by atoms with van der Waals surface area (Å²) in [6.45, 7) is 2.45. The van der Waals surface area contributed by atoms with Crippen LogP contribution in [0.1, 0.15) is 24.0 Å². The summed E-state index contributed by atoms with van der Waals surface area (Å²) in [4.78, 5) is 50.0. The van der Waals surface area contributed by atoms with Crippen molar-refractivity contribution in [1.82, 2.24) is 9.80 Å². The lowest BCUT2D eigenvalue weighted by molar-refractivity contribution is -0.146. The molecule has 2 aliphatic rings. The SMILES string of the molecule is O=C(CCN1CCSC1=O)OCc1ccc(COC(=O)CCN2CCSC2=O)cc1. The number of thioether (sulfide) groups is 2. The van der Waals surface area contributed by atoms with Crippen LogP contribution in [0.2, 0.25) is 0 Å². The number of ether oxygens (including phenoxy) is 2. The van der Waals surface area contributed by atoms with E-state index < -0.39 is 0 Å². The zero-order chi connectivity index (χ0) is 21.3. The summed E-state index contributed by atoms with van der Waals surface area (Å²) in [6.07, 6.45) is 0.365. The average Bonchev–Trinajstić information content (AvgIpc) is 3.35. The minimum absolute atomic E-state index is 0.0163. The summed E-state index contributed by atoms with van der Waals surface area (Å²) in [6, 6.07) is 7.27. The molecule has 3 rings (SSSR count). The molecule has 0 aliphatic carbocycles. The largest absolute Gasteiger partial charge is 0.461 e. The molecule has 1 aromatic rings. The first-order valence-corrected chi connectivity index (χ1v) is 11.7. The van der Waals surface area contributed by atoms with Crippen LogP contribution in [0, 0.1) is 0 Å². The fourth-order valence-corrected chi connectivity index (χ4v) is 4.62. The van der Waals surface area contributed by atoms with Crippen molar-refractivity contribution in [3.8, 4) is 0 Å². The molecule has 2 amide bonds. The van der Waals surface area contributed by atoms with Gasteiger partial charge in [-0.2, -0.15) is 0 Å². The highest BCUT2D eigenvalue weighted by molar-refractivity contribution is 8.14. The van der Waals surface area contributed by atoms with Gasteiger partial charge < -0.3 is 19.3 Å². The fourth-order valence-electron chi connectivity index (χ4n) is 2.91. The normalized spacial score (nSPS) is 16.3. The van der Waals surface area contributed by atoms with Crippen LogP contribution in [0.3, 0.4) is 0 Å². The van der Waals surface area contributed by atoms with Crippen molar-refractivity contribution >= 4 is 45.9 Å². The number of hydrogen-bond donors (Lipinski definition) is 0. The molecule has 0 spiro atoms. The van der Waals surface area contributed by atoms with Crippen LogP contribution >= 0.6 is 23.5 Å². The van der Waals surface area contributed by atoms with Crippen molar-refractivity contribution in [2.45, 2.75) is 26.1 Å². The van der Waals surface area contributed by atoms with Gasteiger partial charge in [-0.25, -0.2) is 0 Å². The Morgan fingerprint density at radius 3 is 1.50 bits per heavy atom. The van der Waals surface area contributed by atoms with Gasteiger partial charge in [0.2, 0.25) is 0 Å². The fraction of sp³-hybridized carbons (Fsp3) is 0.500. The number of rotatable bonds is 10. The van der Waals surface area contributed by atoms with E-state index in [0.29, 0.717) is 26.2 Å². The predicted octanol–water partition coefficient (Wildman–Crippen LogP) is 2.89. The number of carbonyl (C=O) groups is 4. The van der Waals surface area contributed by atoms with Crippen molar-refractivity contribution in [1.29, 1.82) is 0 Å². The van der Waals surface area contributed by atoms with Crippen molar-refractivity contribution < 1.29 is 28.7 Å². The van der Waals surface area contributed by atoms with Crippen LogP contribution < -0.4 is 0 Å². The van der Waals surface area contributed by atoms with Crippen molar-refractivity contribution in [3.05, 3.63) is 35.4 Å². The minimum atomic E-state index is -0.340. The van der Waals surface area contributed by atoms with Crippen LogP contribution in [0.4, 0.5) is 9.59 Å². The van der Waals surface area contributed by atoms with E-state index in [2.05, 4.69) is 0 Å². The lowest BCUT2D eigenvalue weighted by Crippen LogP contribution is -2.26. The molecule has 0 bridgehead atoms. The number of nitrogens with zero attached hydrogens (tertiary/aromatic N) is 2. The second-order valence-corrected chi connectivity index (χ2v) is 8.93. The highest BCUT2D eigenvalue weighted by Crippen LogP contribution is 2.18. The van der Waals surface area contributed by atoms with Crippen LogP contribution in [-0.4, -0.2) is 69.9 Å². The van der Waals surface area contributed by atoms with E-state index in [1.165, 1.54) is 23.5 Å². The first-order valence-electron chi connectivity index (χ1n) is 9.74. The van der Waals surface area contributed by atoms with Gasteiger partial charge in [-0.3, -0.25) is 19.2 Å². The molecule has 0 N–H and O–H groups in total. The smallest absolute Gasteiger partial charge is 0.307 e. The number of hydrogen-bond acceptors (Lipinski definition) is 8. The van der Waals surface area contributed by atoms with Gasteiger partial charge in [-0.15, -0.1) is 0 Å². The van der Waals surface area contributed by atoms with Crippen LogP contribution in [-0.2, 0) is 32.3 Å². The topological polar surface area (TPSA) is 93.2 Å². The first kappa shape index (κ1) is 22.5. The third kappa shape index (κ3) is 6.94. The standard InChI is InChI=1S/C20H24N2O6S2/c23-17(5-7-21-9-11-29-19(21)25)27-13-15-1-2-16(4-3-15)14-28-18(24)6-8-22-10-12-30-20(22)26/h1-4H,5-14H2. The van der Waals surface area contributed by atoms with Crippen molar-refractivity contribution in [2.75, 3.05) is 37.7 Å². The third-order valence-electron chi connectivity index (χ3n) is 4.68. The molecule has 0 atom stereocenters. The molecule has 30 heavy (non-hydrogen) atoms. The van der Waals surface area contributed by atoms with E-state index in [0.717, 1.165) is 22.6 Å². The second-order valence-electron chi connectivity index (χ2n) is 6.84. The van der Waals surface area contributed by atoms with Gasteiger partial charge in [0, 0.05) is 37.7 Å².